The predicted molar refractivity (Wildman–Crippen MR) is 114 cm³/mol. The standard InChI is InChI=1S/C20H22ClN3O4S/c1-14-3-8-17(24-11-2-12-29(24,27)28)13-18(14)23-20(26)19(25)22-10-9-15-4-6-16(21)7-5-15/h3-8,13H,2,9-12H2,1H3,(H,22,25)(H,23,26). The highest BCUT2D eigenvalue weighted by atomic mass is 35.5. The van der Waals surface area contributed by atoms with Crippen molar-refractivity contribution in [2.45, 2.75) is 19.8 Å². The highest BCUT2D eigenvalue weighted by Gasteiger charge is 2.28. The average molecular weight is 436 g/mol. The number of anilines is 2. The van der Waals surface area contributed by atoms with Crippen LogP contribution in [-0.2, 0) is 26.0 Å². The Kier molecular flexibility index (Phi) is 6.44. The van der Waals surface area contributed by atoms with Crippen LogP contribution in [0.15, 0.2) is 42.5 Å². The number of rotatable bonds is 5. The SMILES string of the molecule is Cc1ccc(N2CCCS2(=O)=O)cc1NC(=O)C(=O)NCCc1ccc(Cl)cc1. The van der Waals surface area contributed by atoms with E-state index in [1.54, 1.807) is 37.3 Å². The topological polar surface area (TPSA) is 95.6 Å². The Balaban J connectivity index is 1.60. The molecule has 1 saturated heterocycles. The van der Waals surface area contributed by atoms with Crippen LogP contribution in [0.1, 0.15) is 17.5 Å². The monoisotopic (exact) mass is 435 g/mol. The Labute approximate surface area is 175 Å². The minimum absolute atomic E-state index is 0.110. The summed E-state index contributed by atoms with van der Waals surface area (Å²) in [5, 5.41) is 5.78. The number of carbonyl (C=O) groups excluding carboxylic acids is 2. The molecule has 9 heteroatoms. The molecule has 0 unspecified atom stereocenters. The molecule has 3 rings (SSSR count). The summed E-state index contributed by atoms with van der Waals surface area (Å²) in [4.78, 5) is 24.3. The zero-order chi connectivity index (χ0) is 21.0. The van der Waals surface area contributed by atoms with Gasteiger partial charge in [-0.15, -0.1) is 0 Å². The molecule has 1 aliphatic rings. The minimum Gasteiger partial charge on any atom is -0.347 e. The zero-order valence-electron chi connectivity index (χ0n) is 15.9. The van der Waals surface area contributed by atoms with E-state index in [2.05, 4.69) is 10.6 Å². The van der Waals surface area contributed by atoms with Crippen molar-refractivity contribution in [3.63, 3.8) is 0 Å². The molecule has 0 aliphatic carbocycles. The molecule has 1 aliphatic heterocycles. The number of halogens is 1. The molecular weight excluding hydrogens is 414 g/mol. The van der Waals surface area contributed by atoms with Crippen LogP contribution in [0.3, 0.4) is 0 Å². The van der Waals surface area contributed by atoms with E-state index < -0.39 is 21.8 Å². The van der Waals surface area contributed by atoms with Gasteiger partial charge in [0.05, 0.1) is 11.4 Å². The van der Waals surface area contributed by atoms with Gasteiger partial charge in [0.15, 0.2) is 0 Å². The van der Waals surface area contributed by atoms with Crippen LogP contribution < -0.4 is 14.9 Å². The Morgan fingerprint density at radius 1 is 1.10 bits per heavy atom. The Morgan fingerprint density at radius 2 is 1.83 bits per heavy atom. The molecule has 2 amide bonds. The van der Waals surface area contributed by atoms with Gasteiger partial charge in [-0.3, -0.25) is 13.9 Å². The van der Waals surface area contributed by atoms with Gasteiger partial charge < -0.3 is 10.6 Å². The highest BCUT2D eigenvalue weighted by Crippen LogP contribution is 2.28. The Bertz CT molecular complexity index is 1020. The van der Waals surface area contributed by atoms with Gasteiger partial charge >= 0.3 is 11.8 Å². The first-order chi connectivity index (χ1) is 13.8. The molecule has 0 saturated carbocycles. The number of sulfonamides is 1. The van der Waals surface area contributed by atoms with E-state index >= 15 is 0 Å². The van der Waals surface area contributed by atoms with Crippen LogP contribution in [0.2, 0.25) is 5.02 Å². The summed E-state index contributed by atoms with van der Waals surface area (Å²) in [5.41, 5.74) is 2.60. The maximum absolute atomic E-state index is 12.2. The third-order valence-corrected chi connectivity index (χ3v) is 6.80. The maximum atomic E-state index is 12.2. The molecule has 1 fully saturated rings. The van der Waals surface area contributed by atoms with Crippen LogP contribution in [0.4, 0.5) is 11.4 Å². The minimum atomic E-state index is -3.32. The predicted octanol–water partition coefficient (Wildman–Crippen LogP) is 2.49. The molecule has 0 radical (unpaired) electrons. The van der Waals surface area contributed by atoms with Crippen molar-refractivity contribution in [1.29, 1.82) is 0 Å². The molecule has 0 atom stereocenters. The summed E-state index contributed by atoms with van der Waals surface area (Å²) in [6, 6.07) is 12.2. The Morgan fingerprint density at radius 3 is 2.48 bits per heavy atom. The van der Waals surface area contributed by atoms with Gasteiger partial charge in [0.25, 0.3) is 0 Å². The van der Waals surface area contributed by atoms with Crippen molar-refractivity contribution in [2.24, 2.45) is 0 Å². The second-order valence-electron chi connectivity index (χ2n) is 6.83. The first-order valence-corrected chi connectivity index (χ1v) is 11.2. The summed E-state index contributed by atoms with van der Waals surface area (Å²) < 4.78 is 25.5. The van der Waals surface area contributed by atoms with E-state index in [9.17, 15) is 18.0 Å². The van der Waals surface area contributed by atoms with E-state index in [0.29, 0.717) is 42.3 Å². The number of nitrogens with zero attached hydrogens (tertiary/aromatic N) is 1. The number of hydrogen-bond donors (Lipinski definition) is 2. The third-order valence-electron chi connectivity index (χ3n) is 4.68. The molecule has 29 heavy (non-hydrogen) atoms. The summed E-state index contributed by atoms with van der Waals surface area (Å²) in [7, 11) is -3.32. The maximum Gasteiger partial charge on any atom is 0.313 e. The van der Waals surface area contributed by atoms with E-state index in [0.717, 1.165) is 11.1 Å². The number of hydrogen-bond acceptors (Lipinski definition) is 4. The van der Waals surface area contributed by atoms with Crippen LogP contribution in [0.25, 0.3) is 0 Å². The highest BCUT2D eigenvalue weighted by molar-refractivity contribution is 7.93. The lowest BCUT2D eigenvalue weighted by Crippen LogP contribution is -2.36. The Hall–Kier alpha value is -2.58. The molecule has 154 valence electrons. The lowest BCUT2D eigenvalue weighted by atomic mass is 10.1. The lowest BCUT2D eigenvalue weighted by molar-refractivity contribution is -0.136. The number of aryl methyl sites for hydroxylation is 1. The summed E-state index contributed by atoms with van der Waals surface area (Å²) in [6.07, 6.45) is 1.13. The normalized spacial score (nSPS) is 15.2. The quantitative estimate of drug-likeness (QED) is 0.705. The van der Waals surface area contributed by atoms with Crippen LogP contribution in [0, 0.1) is 6.92 Å². The summed E-state index contributed by atoms with van der Waals surface area (Å²) in [6.45, 7) is 2.49. The number of amides is 2. The molecule has 2 aromatic rings. The molecule has 0 spiro atoms. The van der Waals surface area contributed by atoms with Crippen molar-refractivity contribution in [3.8, 4) is 0 Å². The van der Waals surface area contributed by atoms with Gasteiger partial charge in [-0.25, -0.2) is 8.42 Å². The first-order valence-electron chi connectivity index (χ1n) is 9.21. The number of nitrogens with one attached hydrogen (secondary N) is 2. The van der Waals surface area contributed by atoms with Gasteiger partial charge in [-0.1, -0.05) is 29.8 Å². The van der Waals surface area contributed by atoms with Crippen LogP contribution in [0.5, 0.6) is 0 Å². The fourth-order valence-corrected chi connectivity index (χ4v) is 4.74. The van der Waals surface area contributed by atoms with Gasteiger partial charge in [0.1, 0.15) is 0 Å². The fourth-order valence-electron chi connectivity index (χ4n) is 3.06. The molecular formula is C20H22ClN3O4S. The van der Waals surface area contributed by atoms with Gasteiger partial charge in [-0.2, -0.15) is 0 Å². The van der Waals surface area contributed by atoms with Gasteiger partial charge in [-0.05, 0) is 55.2 Å². The van der Waals surface area contributed by atoms with E-state index in [1.165, 1.54) is 4.31 Å². The zero-order valence-corrected chi connectivity index (χ0v) is 17.5. The van der Waals surface area contributed by atoms with Crippen molar-refractivity contribution in [3.05, 3.63) is 58.6 Å². The van der Waals surface area contributed by atoms with E-state index in [-0.39, 0.29) is 5.75 Å². The van der Waals surface area contributed by atoms with E-state index in [4.69, 9.17) is 11.6 Å². The van der Waals surface area contributed by atoms with Crippen molar-refractivity contribution < 1.29 is 18.0 Å². The van der Waals surface area contributed by atoms with Gasteiger partial charge in [0.2, 0.25) is 10.0 Å². The molecule has 1 heterocycles. The second kappa shape index (κ2) is 8.84. The lowest BCUT2D eigenvalue weighted by Gasteiger charge is -2.19. The van der Waals surface area contributed by atoms with Crippen LogP contribution in [-0.4, -0.2) is 39.1 Å². The molecule has 2 N–H and O–H groups in total. The fraction of sp³-hybridized carbons (Fsp3) is 0.300. The van der Waals surface area contributed by atoms with Crippen molar-refractivity contribution >= 4 is 44.8 Å². The second-order valence-corrected chi connectivity index (χ2v) is 9.28. The number of benzene rings is 2. The van der Waals surface area contributed by atoms with E-state index in [1.807, 2.05) is 12.1 Å². The third kappa shape index (κ3) is 5.27. The molecule has 2 aromatic carbocycles. The van der Waals surface area contributed by atoms with Crippen molar-refractivity contribution in [2.75, 3.05) is 28.5 Å². The van der Waals surface area contributed by atoms with Crippen LogP contribution >= 0.6 is 11.6 Å². The smallest absolute Gasteiger partial charge is 0.313 e. The summed E-state index contributed by atoms with van der Waals surface area (Å²) in [5.74, 6) is -1.44. The molecule has 0 aromatic heterocycles. The van der Waals surface area contributed by atoms with Gasteiger partial charge in [0, 0.05) is 23.8 Å². The molecule has 0 bridgehead atoms. The molecule has 7 nitrogen and oxygen atoms in total. The van der Waals surface area contributed by atoms with Crippen molar-refractivity contribution in [1.82, 2.24) is 5.32 Å². The first kappa shape index (κ1) is 21.1. The summed E-state index contributed by atoms with van der Waals surface area (Å²) >= 11 is 5.84. The average Bonchev–Trinajstić information content (AvgIpc) is 3.04. The number of carbonyl (C=O) groups is 2. The largest absolute Gasteiger partial charge is 0.347 e.